The summed E-state index contributed by atoms with van der Waals surface area (Å²) in [6.07, 6.45) is -1.99. The molecular formula is C13H9ClF3NO2. The number of hydrogen-bond acceptors (Lipinski definition) is 3. The standard InChI is InChI=1S/C13H9ClF3NO2/c14-9-4-10(6-18-5-9)20-12-2-1-8(7-19)3-11(12)13(15,16)17/h1-6,19H,7H2. The van der Waals surface area contributed by atoms with Gasteiger partial charge in [0.2, 0.25) is 0 Å². The van der Waals surface area contributed by atoms with Gasteiger partial charge in [-0.15, -0.1) is 0 Å². The van der Waals surface area contributed by atoms with Gasteiger partial charge in [0.25, 0.3) is 0 Å². The molecule has 0 atom stereocenters. The van der Waals surface area contributed by atoms with Gasteiger partial charge in [-0.05, 0) is 17.7 Å². The number of halogens is 4. The Morgan fingerprint density at radius 3 is 2.55 bits per heavy atom. The maximum atomic E-state index is 12.9. The summed E-state index contributed by atoms with van der Waals surface area (Å²) in [6, 6.07) is 4.69. The van der Waals surface area contributed by atoms with Gasteiger partial charge < -0.3 is 9.84 Å². The van der Waals surface area contributed by atoms with Crippen LogP contribution in [-0.2, 0) is 12.8 Å². The van der Waals surface area contributed by atoms with Crippen LogP contribution in [0.2, 0.25) is 5.02 Å². The molecule has 0 spiro atoms. The van der Waals surface area contributed by atoms with Crippen LogP contribution in [-0.4, -0.2) is 10.1 Å². The zero-order valence-electron chi connectivity index (χ0n) is 9.99. The minimum Gasteiger partial charge on any atom is -0.455 e. The van der Waals surface area contributed by atoms with Gasteiger partial charge >= 0.3 is 6.18 Å². The zero-order valence-corrected chi connectivity index (χ0v) is 10.7. The fourth-order valence-corrected chi connectivity index (χ4v) is 1.73. The Morgan fingerprint density at radius 2 is 1.95 bits per heavy atom. The first kappa shape index (κ1) is 14.6. The van der Waals surface area contributed by atoms with E-state index in [9.17, 15) is 13.2 Å². The van der Waals surface area contributed by atoms with Crippen LogP contribution in [0.5, 0.6) is 11.5 Å². The zero-order chi connectivity index (χ0) is 14.8. The minimum absolute atomic E-state index is 0.0970. The molecule has 0 unspecified atom stereocenters. The minimum atomic E-state index is -4.59. The van der Waals surface area contributed by atoms with Gasteiger partial charge in [0, 0.05) is 12.3 Å². The van der Waals surface area contributed by atoms with E-state index in [4.69, 9.17) is 21.4 Å². The second kappa shape index (κ2) is 5.68. The van der Waals surface area contributed by atoms with Gasteiger partial charge in [-0.2, -0.15) is 13.2 Å². The molecule has 0 saturated heterocycles. The predicted molar refractivity (Wildman–Crippen MR) is 66.7 cm³/mol. The van der Waals surface area contributed by atoms with Gasteiger partial charge in [-0.1, -0.05) is 17.7 Å². The molecule has 3 nitrogen and oxygen atoms in total. The smallest absolute Gasteiger partial charge is 0.419 e. The van der Waals surface area contributed by atoms with Gasteiger partial charge in [0.15, 0.2) is 0 Å². The first-order valence-electron chi connectivity index (χ1n) is 5.49. The van der Waals surface area contributed by atoms with Crippen LogP contribution >= 0.6 is 11.6 Å². The van der Waals surface area contributed by atoms with E-state index in [0.717, 1.165) is 12.1 Å². The van der Waals surface area contributed by atoms with Crippen LogP contribution in [0.3, 0.4) is 0 Å². The Kier molecular flexibility index (Phi) is 4.15. The van der Waals surface area contributed by atoms with E-state index < -0.39 is 18.3 Å². The summed E-state index contributed by atoms with van der Waals surface area (Å²) in [5.41, 5.74) is -0.821. The van der Waals surface area contributed by atoms with Crippen molar-refractivity contribution in [1.29, 1.82) is 0 Å². The number of alkyl halides is 3. The average Bonchev–Trinajstić information content (AvgIpc) is 2.38. The van der Waals surface area contributed by atoms with Crippen molar-refractivity contribution in [3.05, 3.63) is 52.8 Å². The number of rotatable bonds is 3. The fourth-order valence-electron chi connectivity index (χ4n) is 1.56. The van der Waals surface area contributed by atoms with E-state index in [1.54, 1.807) is 0 Å². The molecule has 1 aromatic heterocycles. The molecular weight excluding hydrogens is 295 g/mol. The van der Waals surface area contributed by atoms with Crippen LogP contribution in [0.15, 0.2) is 36.7 Å². The lowest BCUT2D eigenvalue weighted by atomic mass is 10.1. The van der Waals surface area contributed by atoms with E-state index in [2.05, 4.69) is 4.98 Å². The highest BCUT2D eigenvalue weighted by Crippen LogP contribution is 2.38. The highest BCUT2D eigenvalue weighted by molar-refractivity contribution is 6.30. The SMILES string of the molecule is OCc1ccc(Oc2cncc(Cl)c2)c(C(F)(F)F)c1. The van der Waals surface area contributed by atoms with Crippen molar-refractivity contribution in [3.63, 3.8) is 0 Å². The molecule has 0 radical (unpaired) electrons. The summed E-state index contributed by atoms with van der Waals surface area (Å²) >= 11 is 5.69. The summed E-state index contributed by atoms with van der Waals surface area (Å²) in [7, 11) is 0. The molecule has 0 amide bonds. The van der Waals surface area contributed by atoms with Gasteiger partial charge in [0.05, 0.1) is 23.4 Å². The van der Waals surface area contributed by atoms with Crippen LogP contribution in [0.4, 0.5) is 13.2 Å². The second-order valence-electron chi connectivity index (χ2n) is 3.93. The number of nitrogens with zero attached hydrogens (tertiary/aromatic N) is 1. The number of aliphatic hydroxyl groups excluding tert-OH is 1. The lowest BCUT2D eigenvalue weighted by molar-refractivity contribution is -0.138. The highest BCUT2D eigenvalue weighted by Gasteiger charge is 2.34. The number of pyridine rings is 1. The molecule has 0 fully saturated rings. The van der Waals surface area contributed by atoms with Crippen molar-refractivity contribution < 1.29 is 23.0 Å². The highest BCUT2D eigenvalue weighted by atomic mass is 35.5. The third kappa shape index (κ3) is 3.40. The number of aromatic nitrogens is 1. The first-order valence-corrected chi connectivity index (χ1v) is 5.87. The van der Waals surface area contributed by atoms with Crippen molar-refractivity contribution in [3.8, 4) is 11.5 Å². The molecule has 0 aliphatic heterocycles. The normalized spacial score (nSPS) is 11.4. The van der Waals surface area contributed by atoms with Crippen molar-refractivity contribution in [2.24, 2.45) is 0 Å². The van der Waals surface area contributed by atoms with Gasteiger partial charge in [-0.25, -0.2) is 0 Å². The van der Waals surface area contributed by atoms with E-state index in [1.807, 2.05) is 0 Å². The maximum absolute atomic E-state index is 12.9. The van der Waals surface area contributed by atoms with Crippen LogP contribution in [0.1, 0.15) is 11.1 Å². The number of ether oxygens (including phenoxy) is 1. The van der Waals surface area contributed by atoms with Crippen LogP contribution < -0.4 is 4.74 Å². The molecule has 2 aromatic rings. The molecule has 0 aliphatic carbocycles. The van der Waals surface area contributed by atoms with Gasteiger partial charge in [-0.3, -0.25) is 4.98 Å². The second-order valence-corrected chi connectivity index (χ2v) is 4.36. The summed E-state index contributed by atoms with van der Waals surface area (Å²) in [4.78, 5) is 3.73. The quantitative estimate of drug-likeness (QED) is 0.930. The summed E-state index contributed by atoms with van der Waals surface area (Å²) in [5.74, 6) is -0.279. The Balaban J connectivity index is 2.41. The lowest BCUT2D eigenvalue weighted by Crippen LogP contribution is -2.08. The van der Waals surface area contributed by atoms with E-state index in [1.165, 1.54) is 24.5 Å². The molecule has 0 aliphatic rings. The summed E-state index contributed by atoms with van der Waals surface area (Å²) in [5, 5.41) is 9.16. The number of hydrogen-bond donors (Lipinski definition) is 1. The van der Waals surface area contributed by atoms with Crippen LogP contribution in [0.25, 0.3) is 0 Å². The summed E-state index contributed by atoms with van der Waals surface area (Å²) in [6.45, 7) is -0.484. The van der Waals surface area contributed by atoms with Gasteiger partial charge in [0.1, 0.15) is 11.5 Å². The topological polar surface area (TPSA) is 42.4 Å². The molecule has 1 heterocycles. The Labute approximate surface area is 117 Å². The average molecular weight is 304 g/mol. The van der Waals surface area contributed by atoms with E-state index in [0.29, 0.717) is 0 Å². The van der Waals surface area contributed by atoms with E-state index >= 15 is 0 Å². The molecule has 20 heavy (non-hydrogen) atoms. The Hall–Kier alpha value is -1.79. The van der Waals surface area contributed by atoms with Crippen molar-refractivity contribution in [2.45, 2.75) is 12.8 Å². The van der Waals surface area contributed by atoms with Crippen molar-refractivity contribution in [1.82, 2.24) is 4.98 Å². The molecule has 7 heteroatoms. The lowest BCUT2D eigenvalue weighted by Gasteiger charge is -2.14. The molecule has 106 valence electrons. The maximum Gasteiger partial charge on any atom is 0.419 e. The monoisotopic (exact) mass is 303 g/mol. The number of aliphatic hydroxyl groups is 1. The molecule has 2 rings (SSSR count). The number of benzene rings is 1. The molecule has 1 aromatic carbocycles. The largest absolute Gasteiger partial charge is 0.455 e. The molecule has 0 bridgehead atoms. The fraction of sp³-hybridized carbons (Fsp3) is 0.154. The van der Waals surface area contributed by atoms with Crippen LogP contribution in [0, 0.1) is 0 Å². The van der Waals surface area contributed by atoms with E-state index in [-0.39, 0.29) is 22.1 Å². The Morgan fingerprint density at radius 1 is 1.20 bits per heavy atom. The first-order chi connectivity index (χ1) is 9.40. The summed E-state index contributed by atoms with van der Waals surface area (Å²) < 4.78 is 44.0. The Bertz CT molecular complexity index is 617. The molecule has 0 saturated carbocycles. The third-order valence-corrected chi connectivity index (χ3v) is 2.65. The third-order valence-electron chi connectivity index (χ3n) is 2.44. The van der Waals surface area contributed by atoms with Crippen molar-refractivity contribution >= 4 is 11.6 Å². The molecule has 1 N–H and O–H groups in total. The predicted octanol–water partition coefficient (Wildman–Crippen LogP) is 4.04. The van der Waals surface area contributed by atoms with Crippen molar-refractivity contribution in [2.75, 3.05) is 0 Å².